The zero-order valence-corrected chi connectivity index (χ0v) is 64.0. The molecular formula is C115H71NO. The fourth-order valence-electron chi connectivity index (χ4n) is 21.6. The number of hydrogen-bond acceptors (Lipinski definition) is 1. The minimum atomic E-state index is -0.515. The first-order chi connectivity index (χ1) is 58.1. The van der Waals surface area contributed by atoms with Gasteiger partial charge in [0.05, 0.1) is 16.4 Å². The third-order valence-corrected chi connectivity index (χ3v) is 26.2. The van der Waals surface area contributed by atoms with E-state index in [-0.39, 0.29) is 0 Å². The molecule has 3 aliphatic carbocycles. The summed E-state index contributed by atoms with van der Waals surface area (Å²) < 4.78 is 9.33. The van der Waals surface area contributed by atoms with E-state index in [1.54, 1.807) is 0 Å². The average molecular weight is 1480 g/mol. The van der Waals surface area contributed by atoms with Gasteiger partial charge in [-0.1, -0.05) is 358 Å². The first-order valence-corrected chi connectivity index (χ1v) is 41.0. The van der Waals surface area contributed by atoms with Gasteiger partial charge in [0.15, 0.2) is 0 Å². The minimum absolute atomic E-state index is 0.515. The number of aryl methyl sites for hydroxylation is 1. The molecule has 542 valence electrons. The molecule has 2 heterocycles. The van der Waals surface area contributed by atoms with Crippen LogP contribution in [-0.2, 0) is 11.8 Å². The molecule has 2 nitrogen and oxygen atoms in total. The van der Waals surface area contributed by atoms with Crippen molar-refractivity contribution < 1.29 is 4.42 Å². The number of allylic oxidation sites excluding steroid dienone is 1. The van der Waals surface area contributed by atoms with Crippen LogP contribution in [0.2, 0.25) is 0 Å². The van der Waals surface area contributed by atoms with Crippen molar-refractivity contribution >= 4 is 92.7 Å². The van der Waals surface area contributed by atoms with E-state index in [1.165, 1.54) is 165 Å². The lowest BCUT2D eigenvalue weighted by molar-refractivity contribution is 0.595. The summed E-state index contributed by atoms with van der Waals surface area (Å²) in [6.07, 6.45) is 6.37. The Morgan fingerprint density at radius 1 is 0.231 bits per heavy atom. The summed E-state index contributed by atoms with van der Waals surface area (Å²) in [5.74, 6) is 0.968. The van der Waals surface area contributed by atoms with Crippen molar-refractivity contribution in [2.75, 3.05) is 0 Å². The first-order valence-electron chi connectivity index (χ1n) is 41.0. The highest BCUT2D eigenvalue weighted by Crippen LogP contribution is 2.65. The second-order valence-electron chi connectivity index (χ2n) is 32.0. The molecular weight excluding hydrogens is 1410 g/mol. The fourth-order valence-corrected chi connectivity index (χ4v) is 21.6. The Morgan fingerprint density at radius 2 is 0.598 bits per heavy atom. The van der Waals surface area contributed by atoms with Crippen molar-refractivity contribution in [2.24, 2.45) is 0 Å². The van der Waals surface area contributed by atoms with Crippen LogP contribution in [-0.4, -0.2) is 4.57 Å². The molecule has 0 atom stereocenters. The standard InChI is InChI=1S/C115H71NO/c1-7-33-70(34-8-1)101-102(71-35-9-2-10-36-71)106(75-43-17-6-18-44-75)112-88-55-32-57-90-110(88)109-87(111(112)105(101)74-41-15-5-16-42-74)54-31-56-89(109)113-107(78-46-29-45-76(65-78)77-63-64-84-83-51-21-26-60-95(83)115(96(84)67-77)93-58-24-19-49-81(93)82-50-20-25-59-94(82)115)103(72-37-11-3-12-38-72)104(73-39-13-4-14-40-73)108(114(90)113)79-47-30-48-80(66-79)116-97-61-27-22-52-85(97)91-68-92-86-53-23-28-62-99(86)117-100(92)69-98(91)116/h1-22,24-52,54-69H,23,53H2. The molecule has 22 aromatic rings. The number of aromatic nitrogens is 1. The number of rotatable bonds is 10. The summed E-state index contributed by atoms with van der Waals surface area (Å²) in [7, 11) is 0. The maximum atomic E-state index is 6.84. The summed E-state index contributed by atoms with van der Waals surface area (Å²) in [6.45, 7) is 0. The Hall–Kier alpha value is -15.0. The molecule has 0 saturated heterocycles. The van der Waals surface area contributed by atoms with Gasteiger partial charge in [0.2, 0.25) is 0 Å². The third-order valence-electron chi connectivity index (χ3n) is 26.2. The Kier molecular flexibility index (Phi) is 14.3. The highest BCUT2D eigenvalue weighted by molar-refractivity contribution is 6.47. The van der Waals surface area contributed by atoms with E-state index in [4.69, 9.17) is 4.42 Å². The number of nitrogens with zero attached hydrogens (tertiary/aromatic N) is 1. The smallest absolute Gasteiger partial charge is 0.137 e. The van der Waals surface area contributed by atoms with Gasteiger partial charge >= 0.3 is 0 Å². The summed E-state index contributed by atoms with van der Waals surface area (Å²) in [4.78, 5) is 0. The molecule has 117 heavy (non-hydrogen) atoms. The maximum absolute atomic E-state index is 6.84. The van der Waals surface area contributed by atoms with Crippen LogP contribution < -0.4 is 0 Å². The summed E-state index contributed by atoms with van der Waals surface area (Å²) in [6, 6.07) is 150. The lowest BCUT2D eigenvalue weighted by atomic mass is 9.70. The number of hydrogen-bond donors (Lipinski definition) is 0. The van der Waals surface area contributed by atoms with E-state index in [9.17, 15) is 0 Å². The molecule has 0 saturated carbocycles. The third kappa shape index (κ3) is 9.38. The van der Waals surface area contributed by atoms with Gasteiger partial charge < -0.3 is 8.98 Å². The molecule has 2 heteroatoms. The van der Waals surface area contributed by atoms with Crippen LogP contribution in [0.1, 0.15) is 40.0 Å². The van der Waals surface area contributed by atoms with Gasteiger partial charge in [-0.05, 0) is 254 Å². The molecule has 25 rings (SSSR count). The maximum Gasteiger partial charge on any atom is 0.137 e. The second-order valence-corrected chi connectivity index (χ2v) is 32.0. The molecule has 0 unspecified atom stereocenters. The zero-order valence-electron chi connectivity index (χ0n) is 64.0. The van der Waals surface area contributed by atoms with Crippen molar-refractivity contribution in [1.29, 1.82) is 0 Å². The molecule has 20 aromatic carbocycles. The molecule has 0 N–H and O–H groups in total. The van der Waals surface area contributed by atoms with Crippen molar-refractivity contribution in [1.82, 2.24) is 4.57 Å². The van der Waals surface area contributed by atoms with Crippen LogP contribution in [0.15, 0.2) is 405 Å². The Bertz CT molecular complexity index is 7880. The van der Waals surface area contributed by atoms with E-state index >= 15 is 0 Å². The van der Waals surface area contributed by atoms with Gasteiger partial charge in [-0.15, -0.1) is 0 Å². The van der Waals surface area contributed by atoms with Crippen molar-refractivity contribution in [3.05, 3.63) is 434 Å². The van der Waals surface area contributed by atoms with Gasteiger partial charge in [-0.25, -0.2) is 0 Å². The summed E-state index contributed by atoms with van der Waals surface area (Å²) in [5.41, 5.74) is 36.4. The van der Waals surface area contributed by atoms with Crippen molar-refractivity contribution in [3.8, 4) is 128 Å². The fraction of sp³-hybridized carbons (Fsp3) is 0.0261. The van der Waals surface area contributed by atoms with E-state index in [0.29, 0.717) is 0 Å². The molecule has 0 amide bonds. The van der Waals surface area contributed by atoms with Crippen LogP contribution >= 0.6 is 0 Å². The van der Waals surface area contributed by atoms with Crippen LogP contribution in [0, 0.1) is 0 Å². The van der Waals surface area contributed by atoms with Gasteiger partial charge in [0.25, 0.3) is 0 Å². The van der Waals surface area contributed by atoms with E-state index in [2.05, 4.69) is 411 Å². The lowest BCUT2D eigenvalue weighted by Crippen LogP contribution is -2.25. The quantitative estimate of drug-likeness (QED) is 0.0986. The van der Waals surface area contributed by atoms with Gasteiger partial charge in [0.1, 0.15) is 11.3 Å². The summed E-state index contributed by atoms with van der Waals surface area (Å²) >= 11 is 0. The highest BCUT2D eigenvalue weighted by atomic mass is 16.3. The second kappa shape index (κ2) is 25.5. The Balaban J connectivity index is 0.862. The topological polar surface area (TPSA) is 18.1 Å². The van der Waals surface area contributed by atoms with Crippen molar-refractivity contribution in [2.45, 2.75) is 18.3 Å². The average Bonchev–Trinajstić information content (AvgIpc) is 1.67. The molecule has 0 fully saturated rings. The highest BCUT2D eigenvalue weighted by Gasteiger charge is 2.52. The van der Waals surface area contributed by atoms with Gasteiger partial charge in [0, 0.05) is 33.5 Å². The number of benzene rings is 20. The predicted molar refractivity (Wildman–Crippen MR) is 492 cm³/mol. The Morgan fingerprint density at radius 3 is 1.09 bits per heavy atom. The minimum Gasteiger partial charge on any atom is -0.456 e. The molecule has 0 aliphatic heterocycles. The monoisotopic (exact) mass is 1480 g/mol. The molecule has 1 spiro atoms. The normalized spacial score (nSPS) is 13.1. The van der Waals surface area contributed by atoms with E-state index < -0.39 is 5.41 Å². The van der Waals surface area contributed by atoms with E-state index in [1.807, 2.05) is 0 Å². The predicted octanol–water partition coefficient (Wildman–Crippen LogP) is 31.0. The van der Waals surface area contributed by atoms with Crippen LogP contribution in [0.4, 0.5) is 0 Å². The van der Waals surface area contributed by atoms with E-state index in [0.717, 1.165) is 96.5 Å². The lowest BCUT2D eigenvalue weighted by Gasteiger charge is -2.30. The summed E-state index contributed by atoms with van der Waals surface area (Å²) in [5, 5.41) is 15.7. The number of para-hydroxylation sites is 1. The Labute approximate surface area is 677 Å². The van der Waals surface area contributed by atoms with Crippen LogP contribution in [0.5, 0.6) is 0 Å². The first kappa shape index (κ1) is 65.6. The molecule has 0 radical (unpaired) electrons. The number of fused-ring (bicyclic) bond motifs is 22. The zero-order chi connectivity index (χ0) is 76.6. The SMILES string of the molecule is C1=Cc2oc3cc4c(cc3c2CC1)c1ccccc1n4-c1cccc(-c2c(-c3ccccc3)c(-c3ccccc3)c(-c3cccc(-c4ccc5c(c4)C4(c6ccccc6-c6ccccc64)c4ccccc4-5)c3)c3c4cccc5c6c(-c7ccccc7)c(-c7ccccc7)c(-c7ccccc7)c(-c7ccccc7)c6c6cccc(c23)c6c54)c1. The van der Waals surface area contributed by atoms with Gasteiger partial charge in [-0.2, -0.15) is 0 Å². The van der Waals surface area contributed by atoms with Crippen LogP contribution in [0.3, 0.4) is 0 Å². The van der Waals surface area contributed by atoms with Crippen molar-refractivity contribution in [3.63, 3.8) is 0 Å². The number of furan rings is 1. The molecule has 2 aromatic heterocycles. The largest absolute Gasteiger partial charge is 0.456 e. The van der Waals surface area contributed by atoms with Crippen LogP contribution in [0.25, 0.3) is 221 Å². The van der Waals surface area contributed by atoms with Gasteiger partial charge in [-0.3, -0.25) is 0 Å². The molecule has 3 aliphatic rings. The molecule has 0 bridgehead atoms.